The van der Waals surface area contributed by atoms with E-state index in [1.54, 1.807) is 0 Å². The van der Waals surface area contributed by atoms with Gasteiger partial charge >= 0.3 is 7.82 Å². The van der Waals surface area contributed by atoms with Crippen LogP contribution in [0.1, 0.15) is 6.23 Å². The first kappa shape index (κ1) is 21.5. The molecule has 156 valence electrons. The van der Waals surface area contributed by atoms with Crippen LogP contribution < -0.4 is 16.2 Å². The fourth-order valence-electron chi connectivity index (χ4n) is 2.55. The average Bonchev–Trinajstić information content (AvgIpc) is 3.06. The summed E-state index contributed by atoms with van der Waals surface area (Å²) < 4.78 is 26.5. The molecular weight excluding hydrogens is 444 g/mol. The Kier molecular flexibility index (Phi) is 5.84. The number of aliphatic hydroxyl groups excluding tert-OH is 2. The highest BCUT2D eigenvalue weighted by Gasteiger charge is 2.46. The van der Waals surface area contributed by atoms with Crippen molar-refractivity contribution in [2.24, 2.45) is 0 Å². The fraction of sp³-hybridized carbons (Fsp3) is 0.500. The van der Waals surface area contributed by atoms with Crippen molar-refractivity contribution in [1.82, 2.24) is 19.5 Å². The normalized spacial score (nSPS) is 29.6. The molecule has 0 bridgehead atoms. The number of fused-ring (bicyclic) bond motifs is 1. The SMILES string of the molecule is Nc1nc2c(ncn2[C@@H]2O[C@H](COP(=O)(O)O[P+]([O-])(O)[S-])[C@@H](O)[C@H]2O)c(=O)[nH]1. The van der Waals surface area contributed by atoms with Crippen LogP contribution in [0.2, 0.25) is 0 Å². The second-order valence-corrected chi connectivity index (χ2v) is 9.81. The van der Waals surface area contributed by atoms with Gasteiger partial charge in [0.2, 0.25) is 5.95 Å². The van der Waals surface area contributed by atoms with Gasteiger partial charge in [0, 0.05) is 0 Å². The van der Waals surface area contributed by atoms with Gasteiger partial charge in [-0.3, -0.25) is 18.9 Å². The Morgan fingerprint density at radius 2 is 2.18 bits per heavy atom. The second kappa shape index (κ2) is 7.59. The largest absolute Gasteiger partial charge is 0.648 e. The number of imidazole rings is 1. The van der Waals surface area contributed by atoms with Gasteiger partial charge in [-0.15, -0.1) is 4.31 Å². The Balaban J connectivity index is 1.78. The number of nitrogens with one attached hydrogen (secondary N) is 1. The van der Waals surface area contributed by atoms with Gasteiger partial charge in [-0.05, 0) is 0 Å². The highest BCUT2D eigenvalue weighted by atomic mass is 32.7. The Morgan fingerprint density at radius 1 is 1.50 bits per heavy atom. The van der Waals surface area contributed by atoms with Crippen LogP contribution in [0.5, 0.6) is 0 Å². The first-order valence-electron chi connectivity index (χ1n) is 7.34. The third kappa shape index (κ3) is 4.53. The molecule has 1 fully saturated rings. The predicted molar refractivity (Wildman–Crippen MR) is 91.9 cm³/mol. The number of rotatable bonds is 6. The van der Waals surface area contributed by atoms with E-state index < -0.39 is 51.7 Å². The summed E-state index contributed by atoms with van der Waals surface area (Å²) in [5.41, 5.74) is 4.71. The number of nitrogens with two attached hydrogens (primary N) is 1. The lowest BCUT2D eigenvalue weighted by Gasteiger charge is -2.28. The van der Waals surface area contributed by atoms with Crippen molar-refractivity contribution >= 4 is 44.3 Å². The molecule has 2 aromatic heterocycles. The van der Waals surface area contributed by atoms with Crippen LogP contribution in [0, 0.1) is 0 Å². The van der Waals surface area contributed by atoms with Crippen molar-refractivity contribution in [3.8, 4) is 0 Å². The summed E-state index contributed by atoms with van der Waals surface area (Å²) in [7, 11) is -9.77. The molecule has 1 saturated heterocycles. The minimum Gasteiger partial charge on any atom is -0.648 e. The molecule has 28 heavy (non-hydrogen) atoms. The van der Waals surface area contributed by atoms with Crippen LogP contribution in [-0.2, 0) is 30.4 Å². The number of hydrogen-bond donors (Lipinski definition) is 6. The van der Waals surface area contributed by atoms with E-state index in [1.165, 1.54) is 0 Å². The minimum absolute atomic E-state index is 0.0393. The van der Waals surface area contributed by atoms with E-state index in [1.807, 2.05) is 0 Å². The highest BCUT2D eigenvalue weighted by Crippen LogP contribution is 2.61. The smallest absolute Gasteiger partial charge is 0.506 e. The molecule has 1 aliphatic heterocycles. The standard InChI is InChI=1S/C10H15N5O10P2S/c11-10-13-7-4(8(18)14-10)12-2-15(7)9-6(17)5(16)3(24-9)1-23-26(19,20)25-27(21,22)28/h2-3,5-6,9,16-17H,1H2,(H,19,20)(H2,21,22,28)(H3,11,13,14,18)/p-1/t3-,5-,6-,9-/m1/s1. The zero-order chi connectivity index (χ0) is 20.9. The van der Waals surface area contributed by atoms with Crippen LogP contribution in [-0.4, -0.2) is 64.4 Å². The number of aromatic nitrogens is 4. The van der Waals surface area contributed by atoms with E-state index in [0.29, 0.717) is 0 Å². The third-order valence-corrected chi connectivity index (χ3v) is 6.40. The number of anilines is 1. The van der Waals surface area contributed by atoms with Crippen LogP contribution in [0.4, 0.5) is 5.95 Å². The van der Waals surface area contributed by atoms with Crippen molar-refractivity contribution in [3.05, 3.63) is 16.7 Å². The number of hydrogen-bond acceptors (Lipinski definition) is 13. The van der Waals surface area contributed by atoms with Crippen LogP contribution in [0.3, 0.4) is 0 Å². The molecule has 3 heterocycles. The molecule has 2 aromatic rings. The van der Waals surface area contributed by atoms with Gasteiger partial charge < -0.3 is 42.7 Å². The molecule has 0 radical (unpaired) electrons. The monoisotopic (exact) mass is 458 g/mol. The Labute approximate surface area is 161 Å². The van der Waals surface area contributed by atoms with Crippen LogP contribution in [0.15, 0.2) is 11.1 Å². The Bertz CT molecular complexity index is 978. The summed E-state index contributed by atoms with van der Waals surface area (Å²) in [5.74, 6) is -0.220. The maximum Gasteiger partial charge on any atom is 0.506 e. The number of nitrogen functional groups attached to an aromatic ring is 1. The highest BCUT2D eigenvalue weighted by molar-refractivity contribution is 8.35. The van der Waals surface area contributed by atoms with Crippen molar-refractivity contribution in [1.29, 1.82) is 0 Å². The van der Waals surface area contributed by atoms with Gasteiger partial charge in [0.25, 0.3) is 5.56 Å². The molecular formula is C10H14N5O10P2S-. The summed E-state index contributed by atoms with van der Waals surface area (Å²) in [6.07, 6.45) is -4.72. The average molecular weight is 458 g/mol. The first-order chi connectivity index (χ1) is 12.9. The molecule has 1 aliphatic rings. The lowest BCUT2D eigenvalue weighted by Crippen LogP contribution is -2.33. The van der Waals surface area contributed by atoms with Crippen molar-refractivity contribution in [2.45, 2.75) is 24.5 Å². The van der Waals surface area contributed by atoms with Crippen molar-refractivity contribution in [2.75, 3.05) is 12.3 Å². The number of aliphatic hydroxyl groups is 2. The van der Waals surface area contributed by atoms with Gasteiger partial charge in [0.1, 0.15) is 25.5 Å². The number of H-pyrrole nitrogens is 1. The molecule has 0 aliphatic carbocycles. The van der Waals surface area contributed by atoms with Crippen molar-refractivity contribution < 1.29 is 43.0 Å². The molecule has 0 aromatic carbocycles. The number of ether oxygens (including phenoxy) is 1. The molecule has 0 spiro atoms. The van der Waals surface area contributed by atoms with E-state index in [9.17, 15) is 29.4 Å². The Hall–Kier alpha value is -1.16. The lowest BCUT2D eigenvalue weighted by atomic mass is 10.1. The van der Waals surface area contributed by atoms with E-state index >= 15 is 0 Å². The van der Waals surface area contributed by atoms with Gasteiger partial charge in [0.05, 0.1) is 12.9 Å². The summed E-state index contributed by atoms with van der Waals surface area (Å²) in [4.78, 5) is 50.8. The van der Waals surface area contributed by atoms with Crippen LogP contribution in [0.25, 0.3) is 11.2 Å². The lowest BCUT2D eigenvalue weighted by molar-refractivity contribution is -0.197. The number of phosphoric ester groups is 1. The summed E-state index contributed by atoms with van der Waals surface area (Å²) >= 11 is 3.96. The van der Waals surface area contributed by atoms with E-state index in [4.69, 9.17) is 15.4 Å². The van der Waals surface area contributed by atoms with Crippen molar-refractivity contribution in [3.63, 3.8) is 0 Å². The van der Waals surface area contributed by atoms with Gasteiger partial charge in [-0.25, -0.2) is 14.4 Å². The van der Waals surface area contributed by atoms with E-state index in [0.717, 1.165) is 10.9 Å². The number of aromatic amines is 1. The molecule has 0 saturated carbocycles. The van der Waals surface area contributed by atoms with Gasteiger partial charge in [-0.1, -0.05) is 0 Å². The zero-order valence-electron chi connectivity index (χ0n) is 13.6. The fourth-order valence-corrected chi connectivity index (χ4v) is 4.87. The quantitative estimate of drug-likeness (QED) is 0.187. The molecule has 7 N–H and O–H groups in total. The van der Waals surface area contributed by atoms with Crippen LogP contribution >= 0.6 is 15.0 Å². The topological polar surface area (TPSA) is 238 Å². The molecule has 15 nitrogen and oxygen atoms in total. The molecule has 2 unspecified atom stereocenters. The van der Waals surface area contributed by atoms with Gasteiger partial charge in [-0.2, -0.15) is 4.98 Å². The molecule has 6 atom stereocenters. The third-order valence-electron chi connectivity index (χ3n) is 3.67. The maximum atomic E-state index is 11.8. The predicted octanol–water partition coefficient (Wildman–Crippen LogP) is -2.97. The summed E-state index contributed by atoms with van der Waals surface area (Å²) in [6, 6.07) is 0. The molecule has 0 amide bonds. The summed E-state index contributed by atoms with van der Waals surface area (Å²) in [5, 5.41) is 20.3. The first-order valence-corrected chi connectivity index (χ1v) is 11.4. The second-order valence-electron chi connectivity index (χ2n) is 5.64. The maximum absolute atomic E-state index is 11.8. The minimum atomic E-state index is -5.03. The summed E-state index contributed by atoms with van der Waals surface area (Å²) in [6.45, 7) is -0.805. The molecule has 18 heteroatoms. The van der Waals surface area contributed by atoms with E-state index in [-0.39, 0.29) is 17.1 Å². The molecule has 3 rings (SSSR count). The number of nitrogens with zero attached hydrogens (tertiary/aromatic N) is 3. The Morgan fingerprint density at radius 3 is 2.82 bits per heavy atom. The van der Waals surface area contributed by atoms with E-state index in [2.05, 4.69) is 36.0 Å². The van der Waals surface area contributed by atoms with Gasteiger partial charge in [0.15, 0.2) is 17.4 Å². The number of phosphoric acid groups is 1. The zero-order valence-corrected chi connectivity index (χ0v) is 16.2.